The predicted octanol–water partition coefficient (Wildman–Crippen LogP) is 4.28. The summed E-state index contributed by atoms with van der Waals surface area (Å²) in [6.45, 7) is 9.29. The molecule has 1 aromatic carbocycles. The van der Waals surface area contributed by atoms with Gasteiger partial charge in [-0.3, -0.25) is 0 Å². The maximum atomic E-state index is 5.87. The van der Waals surface area contributed by atoms with Gasteiger partial charge < -0.3 is 10.1 Å². The van der Waals surface area contributed by atoms with Gasteiger partial charge in [0.25, 0.3) is 0 Å². The van der Waals surface area contributed by atoms with Gasteiger partial charge in [0.05, 0.1) is 12.6 Å². The molecule has 0 amide bonds. The van der Waals surface area contributed by atoms with Crippen LogP contribution in [0.2, 0.25) is 0 Å². The minimum Gasteiger partial charge on any atom is -0.379 e. The van der Waals surface area contributed by atoms with Crippen molar-refractivity contribution in [3.05, 3.63) is 35.4 Å². The molecule has 2 rings (SSSR count). The van der Waals surface area contributed by atoms with E-state index in [2.05, 4.69) is 50.4 Å². The van der Waals surface area contributed by atoms with Gasteiger partial charge in [0, 0.05) is 6.61 Å². The van der Waals surface area contributed by atoms with E-state index >= 15 is 0 Å². The van der Waals surface area contributed by atoms with Gasteiger partial charge in [-0.05, 0) is 35.9 Å². The average molecular weight is 275 g/mol. The van der Waals surface area contributed by atoms with Gasteiger partial charge >= 0.3 is 0 Å². The molecule has 0 aliphatic heterocycles. The number of nitrogens with one attached hydrogen (secondary N) is 1. The molecule has 1 unspecified atom stereocenters. The van der Waals surface area contributed by atoms with Crippen molar-refractivity contribution in [1.82, 2.24) is 5.32 Å². The SMILES string of the molecule is CCNC(COCCC1CC1)c1ccc(C(C)C)cc1. The molecular weight excluding hydrogens is 246 g/mol. The van der Waals surface area contributed by atoms with Crippen molar-refractivity contribution < 1.29 is 4.74 Å². The fraction of sp³-hybridized carbons (Fsp3) is 0.667. The molecular formula is C18H29NO. The predicted molar refractivity (Wildman–Crippen MR) is 85.1 cm³/mol. The molecule has 20 heavy (non-hydrogen) atoms. The van der Waals surface area contributed by atoms with E-state index in [9.17, 15) is 0 Å². The van der Waals surface area contributed by atoms with E-state index in [-0.39, 0.29) is 0 Å². The summed E-state index contributed by atoms with van der Waals surface area (Å²) in [6.07, 6.45) is 4.07. The molecule has 0 heterocycles. The average Bonchev–Trinajstić information content (AvgIpc) is 3.26. The molecule has 0 aromatic heterocycles. The van der Waals surface area contributed by atoms with Crippen LogP contribution in [0.15, 0.2) is 24.3 Å². The molecule has 2 nitrogen and oxygen atoms in total. The van der Waals surface area contributed by atoms with Gasteiger partial charge in [0.15, 0.2) is 0 Å². The van der Waals surface area contributed by atoms with Crippen molar-refractivity contribution in [3.8, 4) is 0 Å². The second kappa shape index (κ2) is 7.80. The molecule has 0 bridgehead atoms. The molecule has 1 saturated carbocycles. The van der Waals surface area contributed by atoms with E-state index in [4.69, 9.17) is 4.74 Å². The minimum atomic E-state index is 0.320. The van der Waals surface area contributed by atoms with Gasteiger partial charge in [0.2, 0.25) is 0 Å². The topological polar surface area (TPSA) is 21.3 Å². The number of ether oxygens (including phenoxy) is 1. The molecule has 1 fully saturated rings. The maximum absolute atomic E-state index is 5.87. The maximum Gasteiger partial charge on any atom is 0.0661 e. The summed E-state index contributed by atoms with van der Waals surface area (Å²) in [5, 5.41) is 3.53. The van der Waals surface area contributed by atoms with Crippen LogP contribution in [-0.2, 0) is 4.74 Å². The van der Waals surface area contributed by atoms with Crippen LogP contribution in [0.1, 0.15) is 63.1 Å². The number of rotatable bonds is 9. The van der Waals surface area contributed by atoms with Crippen molar-refractivity contribution in [2.75, 3.05) is 19.8 Å². The largest absolute Gasteiger partial charge is 0.379 e. The Morgan fingerprint density at radius 1 is 1.15 bits per heavy atom. The Bertz CT molecular complexity index is 381. The number of hydrogen-bond acceptors (Lipinski definition) is 2. The molecule has 2 heteroatoms. The van der Waals surface area contributed by atoms with Crippen molar-refractivity contribution in [2.24, 2.45) is 5.92 Å². The zero-order valence-corrected chi connectivity index (χ0v) is 13.2. The Hall–Kier alpha value is -0.860. The van der Waals surface area contributed by atoms with E-state index in [1.807, 2.05) is 0 Å². The van der Waals surface area contributed by atoms with Crippen LogP contribution >= 0.6 is 0 Å². The number of hydrogen-bond donors (Lipinski definition) is 1. The molecule has 112 valence electrons. The Labute approximate surface area is 123 Å². The lowest BCUT2D eigenvalue weighted by Gasteiger charge is -2.19. The highest BCUT2D eigenvalue weighted by Gasteiger charge is 2.20. The molecule has 0 radical (unpaired) electrons. The van der Waals surface area contributed by atoms with Crippen molar-refractivity contribution in [3.63, 3.8) is 0 Å². The van der Waals surface area contributed by atoms with Crippen molar-refractivity contribution in [2.45, 2.75) is 52.0 Å². The Morgan fingerprint density at radius 3 is 2.35 bits per heavy atom. The first-order valence-corrected chi connectivity index (χ1v) is 8.11. The lowest BCUT2D eigenvalue weighted by molar-refractivity contribution is 0.107. The van der Waals surface area contributed by atoms with E-state index in [0.29, 0.717) is 12.0 Å². The highest BCUT2D eigenvalue weighted by molar-refractivity contribution is 5.27. The zero-order valence-electron chi connectivity index (χ0n) is 13.2. The van der Waals surface area contributed by atoms with Crippen molar-refractivity contribution in [1.29, 1.82) is 0 Å². The standard InChI is InChI=1S/C18H29NO/c1-4-19-18(13-20-12-11-15-5-6-15)17-9-7-16(8-10-17)14(2)3/h7-10,14-15,18-19H,4-6,11-13H2,1-3H3. The summed E-state index contributed by atoms with van der Waals surface area (Å²) < 4.78 is 5.87. The minimum absolute atomic E-state index is 0.320. The molecule has 1 aromatic rings. The monoisotopic (exact) mass is 275 g/mol. The zero-order chi connectivity index (χ0) is 14.4. The molecule has 0 spiro atoms. The number of likely N-dealkylation sites (N-methyl/N-ethyl adjacent to an activating group) is 1. The fourth-order valence-corrected chi connectivity index (χ4v) is 2.49. The Morgan fingerprint density at radius 2 is 1.80 bits per heavy atom. The molecule has 1 N–H and O–H groups in total. The van der Waals surface area contributed by atoms with E-state index in [1.165, 1.54) is 30.4 Å². The van der Waals surface area contributed by atoms with Crippen LogP contribution in [0.3, 0.4) is 0 Å². The molecule has 1 aliphatic rings. The third-order valence-corrected chi connectivity index (χ3v) is 4.11. The quantitative estimate of drug-likeness (QED) is 0.679. The van der Waals surface area contributed by atoms with Crippen LogP contribution in [0.5, 0.6) is 0 Å². The summed E-state index contributed by atoms with van der Waals surface area (Å²) in [5.41, 5.74) is 2.74. The Kier molecular flexibility index (Phi) is 6.06. The summed E-state index contributed by atoms with van der Waals surface area (Å²) in [4.78, 5) is 0. The summed E-state index contributed by atoms with van der Waals surface area (Å²) in [6, 6.07) is 9.29. The summed E-state index contributed by atoms with van der Waals surface area (Å²) in [7, 11) is 0. The van der Waals surface area contributed by atoms with Crippen LogP contribution in [-0.4, -0.2) is 19.8 Å². The van der Waals surface area contributed by atoms with Gasteiger partial charge in [-0.25, -0.2) is 0 Å². The highest BCUT2D eigenvalue weighted by Crippen LogP contribution is 2.32. The lowest BCUT2D eigenvalue weighted by atomic mass is 9.99. The van der Waals surface area contributed by atoms with Crippen LogP contribution < -0.4 is 5.32 Å². The second-order valence-electron chi connectivity index (χ2n) is 6.24. The van der Waals surface area contributed by atoms with Crippen LogP contribution in [0.25, 0.3) is 0 Å². The fourth-order valence-electron chi connectivity index (χ4n) is 2.49. The molecule has 0 saturated heterocycles. The first-order chi connectivity index (χ1) is 9.70. The smallest absolute Gasteiger partial charge is 0.0661 e. The van der Waals surface area contributed by atoms with Gasteiger partial charge in [-0.15, -0.1) is 0 Å². The second-order valence-corrected chi connectivity index (χ2v) is 6.24. The van der Waals surface area contributed by atoms with Gasteiger partial charge in [-0.2, -0.15) is 0 Å². The third-order valence-electron chi connectivity index (χ3n) is 4.11. The first-order valence-electron chi connectivity index (χ1n) is 8.11. The van der Waals surface area contributed by atoms with Crippen LogP contribution in [0.4, 0.5) is 0 Å². The van der Waals surface area contributed by atoms with Gasteiger partial charge in [-0.1, -0.05) is 57.9 Å². The van der Waals surface area contributed by atoms with Crippen molar-refractivity contribution >= 4 is 0 Å². The molecule has 1 atom stereocenters. The first kappa shape index (κ1) is 15.5. The van der Waals surface area contributed by atoms with E-state index in [1.54, 1.807) is 0 Å². The Balaban J connectivity index is 1.84. The highest BCUT2D eigenvalue weighted by atomic mass is 16.5. The third kappa shape index (κ3) is 4.92. The van der Waals surface area contributed by atoms with Crippen LogP contribution in [0, 0.1) is 5.92 Å². The summed E-state index contributed by atoms with van der Waals surface area (Å²) >= 11 is 0. The van der Waals surface area contributed by atoms with Gasteiger partial charge in [0.1, 0.15) is 0 Å². The summed E-state index contributed by atoms with van der Waals surface area (Å²) in [5.74, 6) is 1.55. The van der Waals surface area contributed by atoms with E-state index in [0.717, 1.165) is 25.7 Å². The molecule has 1 aliphatic carbocycles. The van der Waals surface area contributed by atoms with E-state index < -0.39 is 0 Å². The number of benzene rings is 1. The lowest BCUT2D eigenvalue weighted by Crippen LogP contribution is -2.25. The normalized spacial score (nSPS) is 16.6.